The number of carbonyl (C=O) groups excluding carboxylic acids is 1. The van der Waals surface area contributed by atoms with Gasteiger partial charge in [-0.3, -0.25) is 4.79 Å². The van der Waals surface area contributed by atoms with Gasteiger partial charge in [-0.05, 0) is 19.1 Å². The van der Waals surface area contributed by atoms with Gasteiger partial charge >= 0.3 is 0 Å². The molecule has 1 fully saturated rings. The van der Waals surface area contributed by atoms with E-state index >= 15 is 0 Å². The van der Waals surface area contributed by atoms with E-state index in [1.54, 1.807) is 19.1 Å². The Morgan fingerprint density at radius 2 is 2.18 bits per heavy atom. The molecule has 0 unspecified atom stereocenters. The van der Waals surface area contributed by atoms with Crippen LogP contribution >= 0.6 is 0 Å². The van der Waals surface area contributed by atoms with E-state index in [9.17, 15) is 13.2 Å². The zero-order valence-corrected chi connectivity index (χ0v) is 13.6. The van der Waals surface area contributed by atoms with Gasteiger partial charge in [-0.2, -0.15) is 4.31 Å². The van der Waals surface area contributed by atoms with Crippen LogP contribution in [-0.4, -0.2) is 58.1 Å². The van der Waals surface area contributed by atoms with Gasteiger partial charge in [0.15, 0.2) is 5.60 Å². The Bertz CT molecular complexity index is 661. The molecule has 0 radical (unpaired) electrons. The summed E-state index contributed by atoms with van der Waals surface area (Å²) in [7, 11) is -0.746. The number of methoxy groups -OCH3 is 1. The molecule has 0 bridgehead atoms. The Kier molecular flexibility index (Phi) is 4.74. The van der Waals surface area contributed by atoms with E-state index in [1.807, 2.05) is 0 Å². The molecule has 122 valence electrons. The molecule has 2 rings (SSSR count). The summed E-state index contributed by atoms with van der Waals surface area (Å²) in [4.78, 5) is 12.1. The fourth-order valence-corrected chi connectivity index (χ4v) is 3.90. The SMILES string of the molecule is CNC(=O)[C@]1(C)CN(S(=O)(=O)c2cccc(OC)c2)CCO1. The monoisotopic (exact) mass is 328 g/mol. The predicted molar refractivity (Wildman–Crippen MR) is 80.2 cm³/mol. The molecule has 0 aromatic heterocycles. The fourth-order valence-electron chi connectivity index (χ4n) is 2.35. The first-order valence-electron chi connectivity index (χ1n) is 6.84. The molecule has 22 heavy (non-hydrogen) atoms. The average molecular weight is 328 g/mol. The third-order valence-corrected chi connectivity index (χ3v) is 5.47. The maximum atomic E-state index is 12.7. The van der Waals surface area contributed by atoms with E-state index in [0.717, 1.165) is 0 Å². The summed E-state index contributed by atoms with van der Waals surface area (Å²) in [6.45, 7) is 1.91. The van der Waals surface area contributed by atoms with Crippen LogP contribution in [0.15, 0.2) is 29.2 Å². The second-order valence-electron chi connectivity index (χ2n) is 5.18. The summed E-state index contributed by atoms with van der Waals surface area (Å²) >= 11 is 0. The maximum absolute atomic E-state index is 12.7. The van der Waals surface area contributed by atoms with E-state index in [2.05, 4.69) is 5.32 Å². The maximum Gasteiger partial charge on any atom is 0.253 e. The largest absolute Gasteiger partial charge is 0.497 e. The molecular weight excluding hydrogens is 308 g/mol. The third-order valence-electron chi connectivity index (χ3n) is 3.63. The summed E-state index contributed by atoms with van der Waals surface area (Å²) in [5, 5.41) is 2.50. The van der Waals surface area contributed by atoms with Crippen molar-refractivity contribution in [3.8, 4) is 5.75 Å². The molecule has 1 atom stereocenters. The molecule has 0 spiro atoms. The lowest BCUT2D eigenvalue weighted by molar-refractivity contribution is -0.151. The van der Waals surface area contributed by atoms with Crippen LogP contribution in [0.3, 0.4) is 0 Å². The number of likely N-dealkylation sites (N-methyl/N-ethyl adjacent to an activating group) is 1. The molecule has 1 aromatic rings. The lowest BCUT2D eigenvalue weighted by atomic mass is 10.0. The fraction of sp³-hybridized carbons (Fsp3) is 0.500. The Morgan fingerprint density at radius 1 is 1.45 bits per heavy atom. The van der Waals surface area contributed by atoms with Crippen LogP contribution in [0, 0.1) is 0 Å². The van der Waals surface area contributed by atoms with Crippen molar-refractivity contribution < 1.29 is 22.7 Å². The van der Waals surface area contributed by atoms with Gasteiger partial charge in [0.25, 0.3) is 5.91 Å². The minimum atomic E-state index is -3.71. The van der Waals surface area contributed by atoms with Crippen molar-refractivity contribution >= 4 is 15.9 Å². The first kappa shape index (κ1) is 16.7. The first-order chi connectivity index (χ1) is 10.3. The van der Waals surface area contributed by atoms with Gasteiger partial charge in [0.2, 0.25) is 10.0 Å². The molecule has 8 heteroatoms. The zero-order chi connectivity index (χ0) is 16.4. The van der Waals surface area contributed by atoms with Gasteiger partial charge in [-0.15, -0.1) is 0 Å². The summed E-state index contributed by atoms with van der Waals surface area (Å²) in [5.41, 5.74) is -1.20. The standard InChI is InChI=1S/C14H20N2O5S/c1-14(13(17)15-2)10-16(7-8-21-14)22(18,19)12-6-4-5-11(9-12)20-3/h4-6,9H,7-8,10H2,1-3H3,(H,15,17)/t14-/m0/s1. The van der Waals surface area contributed by atoms with Crippen LogP contribution < -0.4 is 10.1 Å². The van der Waals surface area contributed by atoms with E-state index in [0.29, 0.717) is 5.75 Å². The van der Waals surface area contributed by atoms with Gasteiger partial charge in [0.05, 0.1) is 25.2 Å². The van der Waals surface area contributed by atoms with Crippen molar-refractivity contribution in [2.24, 2.45) is 0 Å². The number of carbonyl (C=O) groups is 1. The highest BCUT2D eigenvalue weighted by Crippen LogP contribution is 2.26. The lowest BCUT2D eigenvalue weighted by Crippen LogP contribution is -2.58. The third kappa shape index (κ3) is 3.08. The molecule has 1 aliphatic heterocycles. The molecule has 1 N–H and O–H groups in total. The molecule has 0 saturated carbocycles. The highest BCUT2D eigenvalue weighted by atomic mass is 32.2. The number of benzene rings is 1. The van der Waals surface area contributed by atoms with Crippen molar-refractivity contribution in [2.75, 3.05) is 33.9 Å². The summed E-state index contributed by atoms with van der Waals surface area (Å²) in [5.74, 6) is 0.112. The van der Waals surface area contributed by atoms with Crippen molar-refractivity contribution in [2.45, 2.75) is 17.4 Å². The number of hydrogen-bond donors (Lipinski definition) is 1. The van der Waals surface area contributed by atoms with Gasteiger partial charge in [0, 0.05) is 19.7 Å². The number of rotatable bonds is 4. The van der Waals surface area contributed by atoms with Crippen LogP contribution in [0.2, 0.25) is 0 Å². The van der Waals surface area contributed by atoms with Gasteiger partial charge in [-0.1, -0.05) is 6.07 Å². The topological polar surface area (TPSA) is 84.9 Å². The number of ether oxygens (including phenoxy) is 2. The van der Waals surface area contributed by atoms with Crippen LogP contribution in [-0.2, 0) is 19.6 Å². The number of nitrogens with zero attached hydrogens (tertiary/aromatic N) is 1. The smallest absolute Gasteiger partial charge is 0.253 e. The molecule has 1 heterocycles. The normalized spacial score (nSPS) is 23.0. The molecule has 7 nitrogen and oxygen atoms in total. The quantitative estimate of drug-likeness (QED) is 0.855. The van der Waals surface area contributed by atoms with Crippen molar-refractivity contribution in [1.82, 2.24) is 9.62 Å². The Labute approximate surface area is 130 Å². The van der Waals surface area contributed by atoms with Crippen molar-refractivity contribution in [1.29, 1.82) is 0 Å². The number of hydrogen-bond acceptors (Lipinski definition) is 5. The predicted octanol–water partition coefficient (Wildman–Crippen LogP) is 0.221. The summed E-state index contributed by atoms with van der Waals surface area (Å²) in [6.07, 6.45) is 0. The number of nitrogens with one attached hydrogen (secondary N) is 1. The van der Waals surface area contributed by atoms with Gasteiger partial charge < -0.3 is 14.8 Å². The van der Waals surface area contributed by atoms with Crippen LogP contribution in [0.1, 0.15) is 6.92 Å². The average Bonchev–Trinajstić information content (AvgIpc) is 2.54. The van der Waals surface area contributed by atoms with E-state index in [4.69, 9.17) is 9.47 Å². The number of morpholine rings is 1. The van der Waals surface area contributed by atoms with Crippen molar-refractivity contribution in [3.63, 3.8) is 0 Å². The first-order valence-corrected chi connectivity index (χ1v) is 8.28. The van der Waals surface area contributed by atoms with E-state index in [-0.39, 0.29) is 30.5 Å². The second-order valence-corrected chi connectivity index (χ2v) is 7.11. The zero-order valence-electron chi connectivity index (χ0n) is 12.8. The second kappa shape index (κ2) is 6.23. The van der Waals surface area contributed by atoms with Gasteiger partial charge in [-0.25, -0.2) is 8.42 Å². The van der Waals surface area contributed by atoms with E-state index in [1.165, 1.54) is 30.6 Å². The molecule has 1 aliphatic rings. The minimum absolute atomic E-state index is 0.0355. The van der Waals surface area contributed by atoms with Crippen molar-refractivity contribution in [3.05, 3.63) is 24.3 Å². The molecule has 1 amide bonds. The van der Waals surface area contributed by atoms with E-state index < -0.39 is 15.6 Å². The lowest BCUT2D eigenvalue weighted by Gasteiger charge is -2.38. The minimum Gasteiger partial charge on any atom is -0.497 e. The number of amides is 1. The Morgan fingerprint density at radius 3 is 2.82 bits per heavy atom. The molecule has 1 aromatic carbocycles. The number of sulfonamides is 1. The van der Waals surface area contributed by atoms with Crippen LogP contribution in [0.4, 0.5) is 0 Å². The highest BCUT2D eigenvalue weighted by molar-refractivity contribution is 7.89. The summed E-state index contributed by atoms with van der Waals surface area (Å²) in [6, 6.07) is 6.25. The Hall–Kier alpha value is -1.64. The molecule has 1 saturated heterocycles. The highest BCUT2D eigenvalue weighted by Gasteiger charge is 2.42. The van der Waals surface area contributed by atoms with Gasteiger partial charge in [0.1, 0.15) is 5.75 Å². The summed E-state index contributed by atoms with van der Waals surface area (Å²) < 4.78 is 37.3. The Balaban J connectivity index is 2.31. The van der Waals surface area contributed by atoms with Crippen LogP contribution in [0.5, 0.6) is 5.75 Å². The molecule has 0 aliphatic carbocycles. The molecular formula is C14H20N2O5S. The van der Waals surface area contributed by atoms with Crippen LogP contribution in [0.25, 0.3) is 0 Å².